The molecule has 1 aromatic carbocycles. The van der Waals surface area contributed by atoms with E-state index in [-0.39, 0.29) is 0 Å². The Bertz CT molecular complexity index is 1060. The van der Waals surface area contributed by atoms with Crippen LogP contribution in [0.5, 0.6) is 0 Å². The minimum Gasteiger partial charge on any atom is -0.377 e. The summed E-state index contributed by atoms with van der Waals surface area (Å²) in [6, 6.07) is 9.13. The molecule has 170 valence electrons. The van der Waals surface area contributed by atoms with E-state index in [0.717, 1.165) is 52.4 Å². The predicted molar refractivity (Wildman–Crippen MR) is 130 cm³/mol. The smallest absolute Gasteiger partial charge is 0.225 e. The van der Waals surface area contributed by atoms with Crippen LogP contribution in [0.2, 0.25) is 0 Å². The maximum atomic E-state index is 10.7. The number of aliphatic hydroxyl groups excluding tert-OH is 1. The summed E-state index contributed by atoms with van der Waals surface area (Å²) in [7, 11) is 1.89. The van der Waals surface area contributed by atoms with E-state index in [4.69, 9.17) is 9.97 Å². The Hall–Kier alpha value is -2.33. The summed E-state index contributed by atoms with van der Waals surface area (Å²) >= 11 is 1.61. The molecule has 4 heterocycles. The molecule has 1 unspecified atom stereocenters. The summed E-state index contributed by atoms with van der Waals surface area (Å²) in [6.45, 7) is 2.65. The number of thiazole rings is 1. The first-order chi connectivity index (χ1) is 15.6. The Balaban J connectivity index is 1.37. The van der Waals surface area contributed by atoms with Crippen molar-refractivity contribution in [2.45, 2.75) is 63.4 Å². The minimum atomic E-state index is -0.425. The molecule has 0 aliphatic carbocycles. The topological polar surface area (TPSA) is 98.2 Å². The van der Waals surface area contributed by atoms with Gasteiger partial charge in [0.15, 0.2) is 5.13 Å². The summed E-state index contributed by atoms with van der Waals surface area (Å²) in [5.74, 6) is 1.42. The summed E-state index contributed by atoms with van der Waals surface area (Å²) < 4.78 is 0. The monoisotopic (exact) mass is 453 g/mol. The number of hydrogen-bond donors (Lipinski definition) is 4. The summed E-state index contributed by atoms with van der Waals surface area (Å²) in [6.07, 6.45) is 6.91. The van der Waals surface area contributed by atoms with Gasteiger partial charge < -0.3 is 21.1 Å². The number of aliphatic hydroxyl groups is 1. The van der Waals surface area contributed by atoms with Crippen LogP contribution in [0.25, 0.3) is 10.9 Å². The number of fused-ring (bicyclic) bond motifs is 3. The SMILES string of the molecule is CNCC(O)N1[C@@H]2CCC[C@H]1C[C@H](Nc1nc(Nc3ncc(C)s3)c3ccccc3n1)C2. The lowest BCUT2D eigenvalue weighted by atomic mass is 9.81. The fourth-order valence-corrected chi connectivity index (χ4v) is 5.91. The summed E-state index contributed by atoms with van der Waals surface area (Å²) in [4.78, 5) is 17.6. The fourth-order valence-electron chi connectivity index (χ4n) is 5.24. The van der Waals surface area contributed by atoms with Gasteiger partial charge in [-0.1, -0.05) is 18.6 Å². The van der Waals surface area contributed by atoms with Crippen molar-refractivity contribution < 1.29 is 5.11 Å². The quantitative estimate of drug-likeness (QED) is 0.432. The van der Waals surface area contributed by atoms with E-state index >= 15 is 0 Å². The molecule has 2 fully saturated rings. The third kappa shape index (κ3) is 4.43. The van der Waals surface area contributed by atoms with Crippen molar-refractivity contribution in [3.05, 3.63) is 35.3 Å². The van der Waals surface area contributed by atoms with Gasteiger partial charge in [-0.15, -0.1) is 11.3 Å². The van der Waals surface area contributed by atoms with Crippen LogP contribution in [0.3, 0.4) is 0 Å². The second-order valence-electron chi connectivity index (χ2n) is 8.85. The maximum Gasteiger partial charge on any atom is 0.225 e. The number of aryl methyl sites for hydroxylation is 1. The van der Waals surface area contributed by atoms with Gasteiger partial charge in [0, 0.05) is 41.1 Å². The lowest BCUT2D eigenvalue weighted by Gasteiger charge is -2.50. The molecule has 9 heteroatoms. The number of para-hydroxylation sites is 1. The van der Waals surface area contributed by atoms with Crippen LogP contribution in [-0.2, 0) is 0 Å². The number of likely N-dealkylation sites (N-methyl/N-ethyl adjacent to an activating group) is 1. The molecule has 2 aliphatic heterocycles. The van der Waals surface area contributed by atoms with E-state index < -0.39 is 6.23 Å². The molecule has 3 aromatic rings. The Labute approximate surface area is 192 Å². The van der Waals surface area contributed by atoms with Gasteiger partial charge in [-0.2, -0.15) is 4.98 Å². The van der Waals surface area contributed by atoms with Gasteiger partial charge >= 0.3 is 0 Å². The molecule has 32 heavy (non-hydrogen) atoms. The van der Waals surface area contributed by atoms with Gasteiger partial charge in [0.1, 0.15) is 12.0 Å². The average Bonchev–Trinajstić information content (AvgIpc) is 3.18. The first-order valence-corrected chi connectivity index (χ1v) is 12.2. The number of nitrogens with zero attached hydrogens (tertiary/aromatic N) is 4. The zero-order valence-corrected chi connectivity index (χ0v) is 19.4. The molecule has 2 aliphatic rings. The third-order valence-electron chi connectivity index (χ3n) is 6.55. The van der Waals surface area contributed by atoms with Gasteiger partial charge in [0.25, 0.3) is 0 Å². The molecule has 0 radical (unpaired) electrons. The molecular formula is C23H31N7OS. The molecule has 8 nitrogen and oxygen atoms in total. The van der Waals surface area contributed by atoms with Gasteiger partial charge in [0.2, 0.25) is 5.95 Å². The van der Waals surface area contributed by atoms with Crippen molar-refractivity contribution in [2.75, 3.05) is 24.2 Å². The molecular weight excluding hydrogens is 422 g/mol. The molecule has 2 aromatic heterocycles. The Morgan fingerprint density at radius 3 is 2.69 bits per heavy atom. The standard InChI is InChI=1S/C23H31N7OS/c1-14-12-25-23(32-14)29-21-18-8-3-4-9-19(18)27-22(28-21)26-15-10-16-6-5-7-17(11-15)30(16)20(31)13-24-2/h3-4,8-9,12,15-17,20,24,31H,5-7,10-11,13H2,1-2H3,(H2,25,26,27,28,29)/t15-,16-,17+,20?. The van der Waals surface area contributed by atoms with Crippen LogP contribution < -0.4 is 16.0 Å². The molecule has 0 saturated carbocycles. The van der Waals surface area contributed by atoms with Gasteiger partial charge in [0.05, 0.1) is 5.52 Å². The van der Waals surface area contributed by atoms with E-state index in [9.17, 15) is 5.11 Å². The number of piperidine rings is 2. The van der Waals surface area contributed by atoms with Crippen LogP contribution in [0.1, 0.15) is 37.0 Å². The number of hydrogen-bond acceptors (Lipinski definition) is 9. The van der Waals surface area contributed by atoms with Crippen LogP contribution in [0, 0.1) is 6.92 Å². The molecule has 4 atom stereocenters. The van der Waals surface area contributed by atoms with Crippen LogP contribution >= 0.6 is 11.3 Å². The first-order valence-electron chi connectivity index (χ1n) is 11.4. The van der Waals surface area contributed by atoms with Crippen molar-refractivity contribution in [3.63, 3.8) is 0 Å². The van der Waals surface area contributed by atoms with E-state index in [0.29, 0.717) is 30.6 Å². The lowest BCUT2D eigenvalue weighted by molar-refractivity contribution is -0.0918. The number of nitrogens with one attached hydrogen (secondary N) is 3. The zero-order chi connectivity index (χ0) is 22.1. The first kappa shape index (κ1) is 21.5. The molecule has 0 spiro atoms. The summed E-state index contributed by atoms with van der Waals surface area (Å²) in [5, 5.41) is 22.6. The predicted octanol–water partition coefficient (Wildman–Crippen LogP) is 3.47. The third-order valence-corrected chi connectivity index (χ3v) is 7.37. The molecule has 0 amide bonds. The second-order valence-corrected chi connectivity index (χ2v) is 10.1. The molecule has 2 bridgehead atoms. The van der Waals surface area contributed by atoms with Gasteiger partial charge in [-0.3, -0.25) is 4.90 Å². The van der Waals surface area contributed by atoms with Crippen molar-refractivity contribution in [1.29, 1.82) is 0 Å². The second kappa shape index (κ2) is 9.27. The van der Waals surface area contributed by atoms with Crippen LogP contribution in [0.4, 0.5) is 16.9 Å². The number of aromatic nitrogens is 3. The lowest BCUT2D eigenvalue weighted by Crippen LogP contribution is -2.60. The van der Waals surface area contributed by atoms with Crippen molar-refractivity contribution >= 4 is 39.1 Å². The zero-order valence-electron chi connectivity index (χ0n) is 18.6. The van der Waals surface area contributed by atoms with Crippen LogP contribution in [0.15, 0.2) is 30.5 Å². The maximum absolute atomic E-state index is 10.7. The van der Waals surface area contributed by atoms with E-state index in [1.807, 2.05) is 44.4 Å². The number of rotatable bonds is 7. The summed E-state index contributed by atoms with van der Waals surface area (Å²) in [5.41, 5.74) is 0.905. The normalized spacial score (nSPS) is 24.4. The fraction of sp³-hybridized carbons (Fsp3) is 0.522. The number of anilines is 3. The highest BCUT2D eigenvalue weighted by Gasteiger charge is 2.41. The average molecular weight is 454 g/mol. The highest BCUT2D eigenvalue weighted by molar-refractivity contribution is 7.15. The van der Waals surface area contributed by atoms with Gasteiger partial charge in [-0.05, 0) is 51.8 Å². The van der Waals surface area contributed by atoms with Crippen molar-refractivity contribution in [1.82, 2.24) is 25.2 Å². The largest absolute Gasteiger partial charge is 0.377 e. The Morgan fingerprint density at radius 1 is 1.19 bits per heavy atom. The van der Waals surface area contributed by atoms with Gasteiger partial charge in [-0.25, -0.2) is 9.97 Å². The van der Waals surface area contributed by atoms with E-state index in [2.05, 4.69) is 25.8 Å². The molecule has 5 rings (SSSR count). The highest BCUT2D eigenvalue weighted by Crippen LogP contribution is 2.36. The Kier molecular flexibility index (Phi) is 6.23. The van der Waals surface area contributed by atoms with Crippen molar-refractivity contribution in [3.8, 4) is 0 Å². The highest BCUT2D eigenvalue weighted by atomic mass is 32.1. The number of benzene rings is 1. The van der Waals surface area contributed by atoms with Crippen molar-refractivity contribution in [2.24, 2.45) is 0 Å². The van der Waals surface area contributed by atoms with E-state index in [1.54, 1.807) is 11.3 Å². The molecule has 2 saturated heterocycles. The van der Waals surface area contributed by atoms with Crippen LogP contribution in [-0.4, -0.2) is 62.9 Å². The van der Waals surface area contributed by atoms with E-state index in [1.165, 1.54) is 6.42 Å². The molecule has 4 N–H and O–H groups in total. The minimum absolute atomic E-state index is 0.291. The Morgan fingerprint density at radius 2 is 1.97 bits per heavy atom.